The summed E-state index contributed by atoms with van der Waals surface area (Å²) in [7, 11) is 1.56. The van der Waals surface area contributed by atoms with Crippen LogP contribution in [0.25, 0.3) is 0 Å². The molecule has 0 aromatic heterocycles. The number of hydrogen-bond donors (Lipinski definition) is 1. The van der Waals surface area contributed by atoms with Crippen molar-refractivity contribution in [1.82, 2.24) is 5.32 Å². The van der Waals surface area contributed by atoms with Crippen molar-refractivity contribution in [3.63, 3.8) is 0 Å². The molecule has 1 N–H and O–H groups in total. The molecule has 0 saturated carbocycles. The molecular weight excluding hydrogens is 154 g/mol. The van der Waals surface area contributed by atoms with Crippen molar-refractivity contribution in [3.05, 3.63) is 12.2 Å². The van der Waals surface area contributed by atoms with Gasteiger partial charge < -0.3 is 10.1 Å². The number of alkyl carbamates (subject to hydrolysis) is 1. The van der Waals surface area contributed by atoms with Gasteiger partial charge in [-0.15, -0.1) is 0 Å². The number of rotatable bonds is 4. The van der Waals surface area contributed by atoms with Crippen LogP contribution in [0.3, 0.4) is 0 Å². The van der Waals surface area contributed by atoms with Crippen molar-refractivity contribution < 1.29 is 9.53 Å². The molecule has 0 rings (SSSR count). The van der Waals surface area contributed by atoms with Gasteiger partial charge in [-0.1, -0.05) is 12.2 Å². The predicted molar refractivity (Wildman–Crippen MR) is 49.1 cm³/mol. The Balaban J connectivity index is 3.45. The molecule has 1 unspecified atom stereocenters. The maximum atomic E-state index is 10.7. The van der Waals surface area contributed by atoms with Crippen LogP contribution in [0.1, 0.15) is 26.7 Å². The summed E-state index contributed by atoms with van der Waals surface area (Å²) in [5, 5.41) is 2.41. The van der Waals surface area contributed by atoms with E-state index in [4.69, 9.17) is 4.74 Å². The number of allylic oxidation sites excluding steroid dienone is 2. The highest BCUT2D eigenvalue weighted by molar-refractivity contribution is 5.66. The zero-order valence-electron chi connectivity index (χ0n) is 7.96. The number of nitrogens with one attached hydrogen (secondary N) is 1. The van der Waals surface area contributed by atoms with Crippen LogP contribution in [0.15, 0.2) is 12.2 Å². The second-order valence-electron chi connectivity index (χ2n) is 2.61. The van der Waals surface area contributed by atoms with E-state index >= 15 is 0 Å². The lowest BCUT2D eigenvalue weighted by Crippen LogP contribution is -2.24. The summed E-state index contributed by atoms with van der Waals surface area (Å²) in [6, 6.07) is 0. The van der Waals surface area contributed by atoms with E-state index in [2.05, 4.69) is 11.4 Å². The van der Waals surface area contributed by atoms with Crippen LogP contribution in [0.5, 0.6) is 0 Å². The van der Waals surface area contributed by atoms with Crippen molar-refractivity contribution in [2.24, 2.45) is 0 Å². The summed E-state index contributed by atoms with van der Waals surface area (Å²) in [6.45, 7) is 3.86. The van der Waals surface area contributed by atoms with Crippen molar-refractivity contribution in [2.45, 2.75) is 32.8 Å². The molecule has 0 aliphatic heterocycles. The molecule has 0 radical (unpaired) electrons. The minimum atomic E-state index is -0.358. The first kappa shape index (κ1) is 11.0. The number of carbonyl (C=O) groups is 1. The van der Waals surface area contributed by atoms with Gasteiger partial charge in [-0.05, 0) is 26.7 Å². The fourth-order valence-corrected chi connectivity index (χ4v) is 0.798. The van der Waals surface area contributed by atoms with Crippen molar-refractivity contribution in [3.8, 4) is 0 Å². The summed E-state index contributed by atoms with van der Waals surface area (Å²) in [5.41, 5.74) is 0. The van der Waals surface area contributed by atoms with E-state index in [0.29, 0.717) is 0 Å². The molecule has 0 bridgehead atoms. The quantitative estimate of drug-likeness (QED) is 0.658. The first-order valence-corrected chi connectivity index (χ1v) is 4.20. The smallest absolute Gasteiger partial charge is 0.407 e. The second kappa shape index (κ2) is 6.70. The molecular formula is C9H17NO2. The molecule has 0 aliphatic carbocycles. The highest BCUT2D eigenvalue weighted by atomic mass is 16.6. The third kappa shape index (κ3) is 5.77. The molecule has 1 amide bonds. The molecule has 0 spiro atoms. The maximum absolute atomic E-state index is 10.7. The Morgan fingerprint density at radius 1 is 1.67 bits per heavy atom. The van der Waals surface area contributed by atoms with Gasteiger partial charge in [0.25, 0.3) is 0 Å². The lowest BCUT2D eigenvalue weighted by molar-refractivity contribution is 0.105. The Labute approximate surface area is 73.8 Å². The van der Waals surface area contributed by atoms with Gasteiger partial charge in [0.1, 0.15) is 6.10 Å². The molecule has 0 heterocycles. The molecule has 3 heteroatoms. The van der Waals surface area contributed by atoms with Gasteiger partial charge >= 0.3 is 6.09 Å². The van der Waals surface area contributed by atoms with Crippen molar-refractivity contribution in [2.75, 3.05) is 7.05 Å². The van der Waals surface area contributed by atoms with E-state index in [0.717, 1.165) is 12.8 Å². The van der Waals surface area contributed by atoms with E-state index in [1.165, 1.54) is 0 Å². The lowest BCUT2D eigenvalue weighted by Gasteiger charge is -2.10. The van der Waals surface area contributed by atoms with Gasteiger partial charge in [-0.3, -0.25) is 0 Å². The number of carbonyl (C=O) groups excluding carboxylic acids is 1. The van der Waals surface area contributed by atoms with Crippen LogP contribution in [0.2, 0.25) is 0 Å². The van der Waals surface area contributed by atoms with Gasteiger partial charge in [0.15, 0.2) is 0 Å². The minimum Gasteiger partial charge on any atom is -0.447 e. The molecule has 3 nitrogen and oxygen atoms in total. The summed E-state index contributed by atoms with van der Waals surface area (Å²) >= 11 is 0. The minimum absolute atomic E-state index is 0.0128. The molecule has 1 atom stereocenters. The van der Waals surface area contributed by atoms with Crippen LogP contribution in [0, 0.1) is 0 Å². The zero-order valence-corrected chi connectivity index (χ0v) is 7.96. The third-order valence-corrected chi connectivity index (χ3v) is 1.49. The van der Waals surface area contributed by atoms with E-state index in [-0.39, 0.29) is 12.2 Å². The van der Waals surface area contributed by atoms with Crippen LogP contribution in [-0.4, -0.2) is 19.2 Å². The first-order valence-electron chi connectivity index (χ1n) is 4.20. The van der Waals surface area contributed by atoms with E-state index in [1.54, 1.807) is 7.05 Å². The van der Waals surface area contributed by atoms with Crippen LogP contribution >= 0.6 is 0 Å². The highest BCUT2D eigenvalue weighted by Crippen LogP contribution is 2.02. The van der Waals surface area contributed by atoms with Crippen molar-refractivity contribution in [1.29, 1.82) is 0 Å². The maximum Gasteiger partial charge on any atom is 0.407 e. The largest absolute Gasteiger partial charge is 0.447 e. The Morgan fingerprint density at radius 2 is 2.33 bits per heavy atom. The lowest BCUT2D eigenvalue weighted by atomic mass is 10.2. The molecule has 0 aromatic carbocycles. The Bertz CT molecular complexity index is 155. The topological polar surface area (TPSA) is 38.3 Å². The number of hydrogen-bond acceptors (Lipinski definition) is 2. The monoisotopic (exact) mass is 171 g/mol. The number of ether oxygens (including phenoxy) is 1. The predicted octanol–water partition coefficient (Wildman–Crippen LogP) is 2.09. The summed E-state index contributed by atoms with van der Waals surface area (Å²) < 4.78 is 4.96. The molecule has 0 aliphatic rings. The van der Waals surface area contributed by atoms with E-state index < -0.39 is 0 Å². The molecule has 0 fully saturated rings. The molecule has 12 heavy (non-hydrogen) atoms. The fourth-order valence-electron chi connectivity index (χ4n) is 0.798. The Hall–Kier alpha value is -0.990. The van der Waals surface area contributed by atoms with Crippen LogP contribution in [-0.2, 0) is 4.74 Å². The van der Waals surface area contributed by atoms with Crippen molar-refractivity contribution >= 4 is 6.09 Å². The fraction of sp³-hybridized carbons (Fsp3) is 0.667. The Kier molecular flexibility index (Phi) is 6.15. The second-order valence-corrected chi connectivity index (χ2v) is 2.61. The average Bonchev–Trinajstić information content (AvgIpc) is 2.05. The molecule has 70 valence electrons. The normalized spacial score (nSPS) is 12.9. The van der Waals surface area contributed by atoms with Crippen LogP contribution in [0.4, 0.5) is 4.79 Å². The molecule has 0 saturated heterocycles. The number of amides is 1. The third-order valence-electron chi connectivity index (χ3n) is 1.49. The van der Waals surface area contributed by atoms with Gasteiger partial charge in [0, 0.05) is 7.05 Å². The summed E-state index contributed by atoms with van der Waals surface area (Å²) in [6.07, 6.45) is 5.51. The van der Waals surface area contributed by atoms with Gasteiger partial charge in [-0.25, -0.2) is 4.79 Å². The van der Waals surface area contributed by atoms with E-state index in [9.17, 15) is 4.79 Å². The van der Waals surface area contributed by atoms with Gasteiger partial charge in [0.05, 0.1) is 0 Å². The van der Waals surface area contributed by atoms with Crippen LogP contribution < -0.4 is 5.32 Å². The highest BCUT2D eigenvalue weighted by Gasteiger charge is 2.05. The SMILES string of the molecule is C/C=C/CCC(C)OC(=O)NC. The molecule has 0 aromatic rings. The summed E-state index contributed by atoms with van der Waals surface area (Å²) in [4.78, 5) is 10.7. The van der Waals surface area contributed by atoms with Gasteiger partial charge in [0.2, 0.25) is 0 Å². The standard InChI is InChI=1S/C9H17NO2/c1-4-5-6-7-8(2)12-9(11)10-3/h4-5,8H,6-7H2,1-3H3,(H,10,11)/b5-4+. The Morgan fingerprint density at radius 3 is 2.83 bits per heavy atom. The first-order chi connectivity index (χ1) is 5.70. The van der Waals surface area contributed by atoms with E-state index in [1.807, 2.05) is 19.9 Å². The van der Waals surface area contributed by atoms with Gasteiger partial charge in [-0.2, -0.15) is 0 Å². The average molecular weight is 171 g/mol. The zero-order chi connectivity index (χ0) is 9.40. The summed E-state index contributed by atoms with van der Waals surface area (Å²) in [5.74, 6) is 0.